The van der Waals surface area contributed by atoms with Gasteiger partial charge in [-0.15, -0.1) is 0 Å². The van der Waals surface area contributed by atoms with Crippen molar-refractivity contribution in [3.63, 3.8) is 0 Å². The molecule has 0 aliphatic heterocycles. The number of carbonyl (C=O) groups is 1. The van der Waals surface area contributed by atoms with E-state index in [1.54, 1.807) is 0 Å². The van der Waals surface area contributed by atoms with Crippen LogP contribution in [0.5, 0.6) is 0 Å². The van der Waals surface area contributed by atoms with Crippen LogP contribution in [0.25, 0.3) is 0 Å². The van der Waals surface area contributed by atoms with Gasteiger partial charge < -0.3 is 63.6 Å². The first-order valence-electron chi connectivity index (χ1n) is 15.3. The van der Waals surface area contributed by atoms with Crippen LogP contribution in [0.3, 0.4) is 0 Å². The Balaban J connectivity index is -0.00000402. The molecule has 0 aliphatic carbocycles. The van der Waals surface area contributed by atoms with Crippen molar-refractivity contribution in [2.75, 3.05) is 145 Å². The Morgan fingerprint density at radius 1 is 0.455 bits per heavy atom. The SMILES string of the molecule is C.CC(C)(C)OC(=O)CCOCCOCCOCCOCCOCCOCCOCCOCCOCCOCCN.CCN. The topological polar surface area (TPSA) is 171 Å². The second-order valence-corrected chi connectivity index (χ2v) is 9.66. The number of esters is 1. The molecule has 0 saturated heterocycles. The Morgan fingerprint density at radius 2 is 0.659 bits per heavy atom. The van der Waals surface area contributed by atoms with Crippen molar-refractivity contribution in [2.24, 2.45) is 11.5 Å². The summed E-state index contributed by atoms with van der Waals surface area (Å²) in [5.74, 6) is -0.264. The summed E-state index contributed by atoms with van der Waals surface area (Å²) in [6, 6.07) is 0. The molecule has 268 valence electrons. The Labute approximate surface area is 266 Å². The smallest absolute Gasteiger partial charge is 0.308 e. The Kier molecular flexibility index (Phi) is 43.1. The van der Waals surface area contributed by atoms with Gasteiger partial charge in [0, 0.05) is 6.54 Å². The number of rotatable bonds is 32. The Hall–Kier alpha value is -1.01. The Morgan fingerprint density at radius 3 is 0.864 bits per heavy atom. The third-order valence-corrected chi connectivity index (χ3v) is 4.48. The average Bonchev–Trinajstić information content (AvgIpc) is 2.95. The molecule has 0 rings (SSSR count). The first kappa shape index (κ1) is 47.4. The molecule has 44 heavy (non-hydrogen) atoms. The van der Waals surface area contributed by atoms with Crippen molar-refractivity contribution in [1.82, 2.24) is 0 Å². The highest BCUT2D eigenvalue weighted by molar-refractivity contribution is 5.69. The third-order valence-electron chi connectivity index (χ3n) is 4.48. The minimum Gasteiger partial charge on any atom is -0.460 e. The molecule has 0 atom stereocenters. The summed E-state index contributed by atoms with van der Waals surface area (Å²) in [4.78, 5) is 11.5. The fraction of sp³-hybridized carbons (Fsp3) is 0.967. The summed E-state index contributed by atoms with van der Waals surface area (Å²) >= 11 is 0. The lowest BCUT2D eigenvalue weighted by Crippen LogP contribution is -2.24. The molecule has 0 saturated carbocycles. The van der Waals surface area contributed by atoms with Crippen molar-refractivity contribution in [3.8, 4) is 0 Å². The third kappa shape index (κ3) is 47.9. The van der Waals surface area contributed by atoms with Gasteiger partial charge >= 0.3 is 5.97 Å². The predicted octanol–water partition coefficient (Wildman–Crippen LogP) is 1.44. The quantitative estimate of drug-likeness (QED) is 0.0795. The van der Waals surface area contributed by atoms with Gasteiger partial charge in [-0.25, -0.2) is 0 Å². The van der Waals surface area contributed by atoms with E-state index in [4.69, 9.17) is 63.6 Å². The first-order valence-corrected chi connectivity index (χ1v) is 15.3. The molecule has 0 bridgehead atoms. The van der Waals surface area contributed by atoms with Crippen LogP contribution in [0.15, 0.2) is 0 Å². The predicted molar refractivity (Wildman–Crippen MR) is 169 cm³/mol. The van der Waals surface area contributed by atoms with E-state index in [0.717, 1.165) is 6.54 Å². The molecule has 0 spiro atoms. The molecule has 0 heterocycles. The minimum atomic E-state index is -0.471. The number of hydrogen-bond donors (Lipinski definition) is 2. The molecule has 0 unspecified atom stereocenters. The highest BCUT2D eigenvalue weighted by atomic mass is 16.6. The molecular formula is C30H66N2O12. The fourth-order valence-corrected chi connectivity index (χ4v) is 2.71. The molecule has 0 radical (unpaired) electrons. The molecule has 14 heteroatoms. The van der Waals surface area contributed by atoms with Gasteiger partial charge in [0.25, 0.3) is 0 Å². The largest absolute Gasteiger partial charge is 0.460 e. The zero-order chi connectivity index (χ0) is 32.1. The van der Waals surface area contributed by atoms with E-state index in [-0.39, 0.29) is 19.8 Å². The molecule has 0 aromatic rings. The van der Waals surface area contributed by atoms with Crippen LogP contribution in [0.1, 0.15) is 41.5 Å². The second kappa shape index (κ2) is 40.0. The minimum absolute atomic E-state index is 0. The van der Waals surface area contributed by atoms with E-state index in [1.165, 1.54) is 0 Å². The van der Waals surface area contributed by atoms with Gasteiger partial charge in [0.1, 0.15) is 5.60 Å². The van der Waals surface area contributed by atoms with Gasteiger partial charge in [0.15, 0.2) is 0 Å². The molecule has 0 amide bonds. The van der Waals surface area contributed by atoms with Gasteiger partial charge in [0.05, 0.1) is 139 Å². The summed E-state index contributed by atoms with van der Waals surface area (Å²) < 4.78 is 59.2. The highest BCUT2D eigenvalue weighted by Gasteiger charge is 2.15. The summed E-state index contributed by atoms with van der Waals surface area (Å²) in [7, 11) is 0. The van der Waals surface area contributed by atoms with Crippen LogP contribution in [-0.2, 0) is 56.9 Å². The second-order valence-electron chi connectivity index (χ2n) is 9.66. The van der Waals surface area contributed by atoms with Crippen LogP contribution in [0.4, 0.5) is 0 Å². The van der Waals surface area contributed by atoms with Gasteiger partial charge in [-0.05, 0) is 27.3 Å². The summed E-state index contributed by atoms with van der Waals surface area (Å²) in [5.41, 5.74) is 9.70. The number of carbonyl (C=O) groups excluding carboxylic acids is 1. The van der Waals surface area contributed by atoms with Crippen LogP contribution >= 0.6 is 0 Å². The maximum absolute atomic E-state index is 11.5. The van der Waals surface area contributed by atoms with E-state index in [2.05, 4.69) is 0 Å². The van der Waals surface area contributed by atoms with Gasteiger partial charge in [0.2, 0.25) is 0 Å². The van der Waals surface area contributed by atoms with E-state index in [0.29, 0.717) is 139 Å². The zero-order valence-corrected chi connectivity index (χ0v) is 27.3. The molecule has 0 fully saturated rings. The van der Waals surface area contributed by atoms with E-state index in [1.807, 2.05) is 27.7 Å². The average molecular weight is 647 g/mol. The summed E-state index contributed by atoms with van der Waals surface area (Å²) in [6.07, 6.45) is 0.234. The van der Waals surface area contributed by atoms with Crippen LogP contribution in [-0.4, -0.2) is 157 Å². The van der Waals surface area contributed by atoms with Crippen molar-refractivity contribution in [2.45, 2.75) is 47.1 Å². The number of ether oxygens (including phenoxy) is 11. The van der Waals surface area contributed by atoms with Crippen LogP contribution < -0.4 is 11.5 Å². The Bertz CT molecular complexity index is 543. The van der Waals surface area contributed by atoms with Crippen molar-refractivity contribution < 1.29 is 56.9 Å². The van der Waals surface area contributed by atoms with Crippen molar-refractivity contribution in [3.05, 3.63) is 0 Å². The van der Waals surface area contributed by atoms with Gasteiger partial charge in [-0.3, -0.25) is 4.79 Å². The molecular weight excluding hydrogens is 580 g/mol. The highest BCUT2D eigenvalue weighted by Crippen LogP contribution is 2.08. The van der Waals surface area contributed by atoms with E-state index >= 15 is 0 Å². The summed E-state index contributed by atoms with van der Waals surface area (Å²) in [5, 5.41) is 0. The first-order chi connectivity index (χ1) is 20.9. The molecule has 0 aromatic carbocycles. The summed E-state index contributed by atoms with van der Waals surface area (Å²) in [6.45, 7) is 18.6. The van der Waals surface area contributed by atoms with Gasteiger partial charge in [-0.1, -0.05) is 14.4 Å². The lowest BCUT2D eigenvalue weighted by molar-refractivity contribution is -0.156. The lowest BCUT2D eigenvalue weighted by atomic mass is 10.2. The van der Waals surface area contributed by atoms with Crippen molar-refractivity contribution >= 4 is 5.97 Å². The maximum Gasteiger partial charge on any atom is 0.308 e. The molecule has 14 nitrogen and oxygen atoms in total. The molecule has 4 N–H and O–H groups in total. The normalized spacial score (nSPS) is 11.1. The maximum atomic E-state index is 11.5. The number of hydrogen-bond acceptors (Lipinski definition) is 14. The van der Waals surface area contributed by atoms with E-state index < -0.39 is 5.60 Å². The number of nitrogens with two attached hydrogens (primary N) is 2. The van der Waals surface area contributed by atoms with E-state index in [9.17, 15) is 4.79 Å². The standard InChI is InChI=1S/C27H55NO12.C2H7N.CH4/c1-27(2,3)40-26(29)4-6-30-8-10-32-12-14-34-16-18-36-20-22-38-24-25-39-23-21-37-19-17-35-15-13-33-11-9-31-7-5-28;1-2-3;/h4-25,28H2,1-3H3;2-3H2,1H3;1H4. The van der Waals surface area contributed by atoms with Crippen LogP contribution in [0.2, 0.25) is 0 Å². The van der Waals surface area contributed by atoms with Crippen molar-refractivity contribution in [1.29, 1.82) is 0 Å². The van der Waals surface area contributed by atoms with Gasteiger partial charge in [-0.2, -0.15) is 0 Å². The molecule has 0 aromatic heterocycles. The lowest BCUT2D eigenvalue weighted by Gasteiger charge is -2.19. The zero-order valence-electron chi connectivity index (χ0n) is 27.3. The fourth-order valence-electron chi connectivity index (χ4n) is 2.71. The monoisotopic (exact) mass is 646 g/mol. The molecule has 0 aliphatic rings. The van der Waals surface area contributed by atoms with Crippen LogP contribution in [0, 0.1) is 0 Å².